The molecular weight excluding hydrogens is 364 g/mol. The Kier molecular flexibility index (Phi) is 4.31. The van der Waals surface area contributed by atoms with E-state index in [1.807, 2.05) is 78.9 Å². The number of fused-ring (bicyclic) bond motifs is 3. The van der Waals surface area contributed by atoms with Crippen LogP contribution < -0.4 is 10.2 Å². The Bertz CT molecular complexity index is 1310. The van der Waals surface area contributed by atoms with E-state index in [1.54, 1.807) is 6.21 Å². The van der Waals surface area contributed by atoms with Crippen LogP contribution in [0.15, 0.2) is 84.0 Å². The van der Waals surface area contributed by atoms with Gasteiger partial charge in [-0.15, -0.1) is 10.2 Å². The molecule has 3 aromatic carbocycles. The monoisotopic (exact) mass is 380 g/mol. The van der Waals surface area contributed by atoms with E-state index in [4.69, 9.17) is 4.74 Å². The van der Waals surface area contributed by atoms with Crippen LogP contribution in [0.2, 0.25) is 0 Å². The van der Waals surface area contributed by atoms with Crippen molar-refractivity contribution in [1.29, 1.82) is 0 Å². The highest BCUT2D eigenvalue weighted by Gasteiger charge is 2.07. The summed E-state index contributed by atoms with van der Waals surface area (Å²) >= 11 is 0. The predicted molar refractivity (Wildman–Crippen MR) is 113 cm³/mol. The molecule has 0 saturated heterocycles. The lowest BCUT2D eigenvalue weighted by Gasteiger charge is -2.05. The molecule has 0 atom stereocenters. The zero-order chi connectivity index (χ0) is 19.5. The molecule has 0 spiro atoms. The maximum atomic E-state index is 5.84. The van der Waals surface area contributed by atoms with E-state index < -0.39 is 0 Å². The summed E-state index contributed by atoms with van der Waals surface area (Å²) in [4.78, 5) is 7.67. The smallest absolute Gasteiger partial charge is 0.265 e. The molecule has 5 rings (SSSR count). The fraction of sp³-hybridized carbons (Fsp3) is 0. The van der Waals surface area contributed by atoms with E-state index in [1.165, 1.54) is 0 Å². The van der Waals surface area contributed by atoms with Crippen LogP contribution in [0.5, 0.6) is 11.5 Å². The van der Waals surface area contributed by atoms with Crippen molar-refractivity contribution in [2.75, 3.05) is 5.43 Å². The van der Waals surface area contributed by atoms with E-state index in [0.29, 0.717) is 11.6 Å². The molecule has 0 radical (unpaired) electrons. The van der Waals surface area contributed by atoms with Crippen molar-refractivity contribution >= 4 is 34.2 Å². The zero-order valence-electron chi connectivity index (χ0n) is 15.3. The minimum Gasteiger partial charge on any atom is -0.457 e. The molecule has 5 aromatic rings. The number of rotatable bonds is 5. The number of benzene rings is 3. The molecular formula is C22H16N6O. The standard InChI is InChI=1S/C22H16N6O/c1-2-8-16(9-3-1)29-17-10-6-7-15(13-17)14-23-27-22-25-21-20(26-28-22)18-11-4-5-12-19(18)24-21/h1-14H,(H2,24,25,27,28). The van der Waals surface area contributed by atoms with Gasteiger partial charge in [0, 0.05) is 10.9 Å². The molecule has 0 saturated carbocycles. The van der Waals surface area contributed by atoms with Gasteiger partial charge in [-0.25, -0.2) is 5.43 Å². The van der Waals surface area contributed by atoms with E-state index in [2.05, 4.69) is 30.7 Å². The summed E-state index contributed by atoms with van der Waals surface area (Å²) in [5.41, 5.74) is 6.08. The fourth-order valence-corrected chi connectivity index (χ4v) is 3.02. The van der Waals surface area contributed by atoms with Gasteiger partial charge >= 0.3 is 0 Å². The van der Waals surface area contributed by atoms with Gasteiger partial charge in [-0.2, -0.15) is 10.1 Å². The highest BCUT2D eigenvalue weighted by atomic mass is 16.5. The molecule has 29 heavy (non-hydrogen) atoms. The highest BCUT2D eigenvalue weighted by molar-refractivity contribution is 6.03. The molecule has 0 unspecified atom stereocenters. The summed E-state index contributed by atoms with van der Waals surface area (Å²) in [5.74, 6) is 1.83. The number of aromatic nitrogens is 4. The molecule has 0 aliphatic heterocycles. The number of aromatic amines is 1. The summed E-state index contributed by atoms with van der Waals surface area (Å²) in [6, 6.07) is 25.2. The first-order chi connectivity index (χ1) is 14.3. The predicted octanol–water partition coefficient (Wildman–Crippen LogP) is 4.74. The van der Waals surface area contributed by atoms with Gasteiger partial charge < -0.3 is 9.72 Å². The first-order valence-corrected chi connectivity index (χ1v) is 9.08. The van der Waals surface area contributed by atoms with E-state index in [9.17, 15) is 0 Å². The Labute approximate surface area is 166 Å². The number of hydrogen-bond acceptors (Lipinski definition) is 6. The molecule has 7 nitrogen and oxygen atoms in total. The van der Waals surface area contributed by atoms with E-state index in [0.717, 1.165) is 33.5 Å². The number of ether oxygens (including phenoxy) is 1. The molecule has 140 valence electrons. The van der Waals surface area contributed by atoms with Gasteiger partial charge in [0.05, 0.1) is 6.21 Å². The fourth-order valence-electron chi connectivity index (χ4n) is 3.02. The van der Waals surface area contributed by atoms with Gasteiger partial charge in [0.1, 0.15) is 17.0 Å². The third-order valence-corrected chi connectivity index (χ3v) is 4.34. The lowest BCUT2D eigenvalue weighted by Crippen LogP contribution is -1.99. The number of para-hydroxylation sites is 2. The van der Waals surface area contributed by atoms with Crippen LogP contribution in [0.25, 0.3) is 22.1 Å². The Hall–Kier alpha value is -4.26. The summed E-state index contributed by atoms with van der Waals surface area (Å²) in [7, 11) is 0. The van der Waals surface area contributed by atoms with Gasteiger partial charge in [0.25, 0.3) is 5.95 Å². The van der Waals surface area contributed by atoms with Crippen LogP contribution in [0.3, 0.4) is 0 Å². The van der Waals surface area contributed by atoms with Crippen LogP contribution in [-0.2, 0) is 0 Å². The lowest BCUT2D eigenvalue weighted by molar-refractivity contribution is 0.482. The molecule has 0 bridgehead atoms. The Morgan fingerprint density at radius 1 is 0.862 bits per heavy atom. The highest BCUT2D eigenvalue weighted by Crippen LogP contribution is 2.22. The Morgan fingerprint density at radius 3 is 2.62 bits per heavy atom. The molecule has 2 aromatic heterocycles. The average molecular weight is 380 g/mol. The molecule has 0 amide bonds. The van der Waals surface area contributed by atoms with Crippen molar-refractivity contribution in [3.63, 3.8) is 0 Å². The quantitative estimate of drug-likeness (QED) is 0.339. The second kappa shape index (κ2) is 7.40. The minimum absolute atomic E-state index is 0.317. The summed E-state index contributed by atoms with van der Waals surface area (Å²) in [5, 5.41) is 13.6. The van der Waals surface area contributed by atoms with Crippen molar-refractivity contribution in [3.05, 3.63) is 84.4 Å². The number of hydrogen-bond donors (Lipinski definition) is 2. The number of H-pyrrole nitrogens is 1. The Morgan fingerprint density at radius 2 is 1.69 bits per heavy atom. The molecule has 0 aliphatic rings. The van der Waals surface area contributed by atoms with Gasteiger partial charge in [-0.3, -0.25) is 0 Å². The number of hydrazone groups is 1. The van der Waals surface area contributed by atoms with E-state index >= 15 is 0 Å². The normalized spacial score (nSPS) is 11.3. The second-order valence-corrected chi connectivity index (χ2v) is 6.36. The van der Waals surface area contributed by atoms with Gasteiger partial charge in [0.15, 0.2) is 5.65 Å². The third-order valence-electron chi connectivity index (χ3n) is 4.34. The number of anilines is 1. The topological polar surface area (TPSA) is 88.1 Å². The van der Waals surface area contributed by atoms with Crippen LogP contribution >= 0.6 is 0 Å². The number of nitrogens with zero attached hydrogens (tertiary/aromatic N) is 4. The first kappa shape index (κ1) is 16.9. The van der Waals surface area contributed by atoms with Crippen molar-refractivity contribution < 1.29 is 4.74 Å². The van der Waals surface area contributed by atoms with Crippen LogP contribution in [-0.4, -0.2) is 26.4 Å². The minimum atomic E-state index is 0.317. The average Bonchev–Trinajstić information content (AvgIpc) is 3.13. The molecule has 2 N–H and O–H groups in total. The Balaban J connectivity index is 1.32. The summed E-state index contributed by atoms with van der Waals surface area (Å²) in [6.07, 6.45) is 1.68. The van der Waals surface area contributed by atoms with E-state index in [-0.39, 0.29) is 0 Å². The van der Waals surface area contributed by atoms with Crippen molar-refractivity contribution in [2.45, 2.75) is 0 Å². The van der Waals surface area contributed by atoms with Gasteiger partial charge in [0.2, 0.25) is 0 Å². The van der Waals surface area contributed by atoms with Gasteiger partial charge in [-0.05, 0) is 35.9 Å². The summed E-state index contributed by atoms with van der Waals surface area (Å²) < 4.78 is 5.84. The maximum absolute atomic E-state index is 5.84. The molecule has 7 heteroatoms. The SMILES string of the molecule is C(=NNc1nnc2c(n1)[nH]c1ccccc12)c1cccc(Oc2ccccc2)c1. The van der Waals surface area contributed by atoms with Crippen molar-refractivity contribution in [1.82, 2.24) is 20.2 Å². The first-order valence-electron chi connectivity index (χ1n) is 9.08. The number of nitrogens with one attached hydrogen (secondary N) is 2. The van der Waals surface area contributed by atoms with Crippen LogP contribution in [0.1, 0.15) is 5.56 Å². The third kappa shape index (κ3) is 3.61. The van der Waals surface area contributed by atoms with Crippen molar-refractivity contribution in [2.24, 2.45) is 5.10 Å². The lowest BCUT2D eigenvalue weighted by atomic mass is 10.2. The maximum Gasteiger partial charge on any atom is 0.265 e. The van der Waals surface area contributed by atoms with Gasteiger partial charge in [-0.1, -0.05) is 48.5 Å². The molecule has 0 fully saturated rings. The van der Waals surface area contributed by atoms with Crippen LogP contribution in [0, 0.1) is 0 Å². The zero-order valence-corrected chi connectivity index (χ0v) is 15.3. The van der Waals surface area contributed by atoms with Crippen molar-refractivity contribution in [3.8, 4) is 11.5 Å². The molecule has 0 aliphatic carbocycles. The largest absolute Gasteiger partial charge is 0.457 e. The van der Waals surface area contributed by atoms with Crippen LogP contribution in [0.4, 0.5) is 5.95 Å². The second-order valence-electron chi connectivity index (χ2n) is 6.36. The molecule has 2 heterocycles. The summed E-state index contributed by atoms with van der Waals surface area (Å²) in [6.45, 7) is 0.